The third-order valence-corrected chi connectivity index (χ3v) is 6.04. The van der Waals surface area contributed by atoms with Crippen LogP contribution in [0.5, 0.6) is 0 Å². The van der Waals surface area contributed by atoms with Crippen molar-refractivity contribution in [2.45, 2.75) is 23.8 Å². The third kappa shape index (κ3) is 3.42. The Morgan fingerprint density at radius 2 is 1.88 bits per heavy atom. The van der Waals surface area contributed by atoms with Crippen LogP contribution in [0.3, 0.4) is 0 Å². The monoisotopic (exact) mass is 353 g/mol. The Kier molecular flexibility index (Phi) is 4.83. The lowest BCUT2D eigenvalue weighted by Gasteiger charge is -2.26. The zero-order valence-corrected chi connectivity index (χ0v) is 13.9. The Balaban J connectivity index is 1.89. The molecule has 0 saturated carbocycles. The van der Waals surface area contributed by atoms with Gasteiger partial charge in [0.05, 0.1) is 23.0 Å². The normalized spacial score (nSPS) is 19.5. The fourth-order valence-corrected chi connectivity index (χ4v) is 4.26. The molecule has 0 amide bonds. The van der Waals surface area contributed by atoms with Crippen LogP contribution in [0.2, 0.25) is 0 Å². The van der Waals surface area contributed by atoms with Gasteiger partial charge in [-0.1, -0.05) is 12.2 Å². The highest BCUT2D eigenvalue weighted by atomic mass is 32.2. The number of hydrogen-bond acceptors (Lipinski definition) is 6. The first-order valence-corrected chi connectivity index (χ1v) is 9.20. The molecular formula is C15H19N3O5S. The molecule has 1 aromatic rings. The second-order valence-corrected chi connectivity index (χ2v) is 7.67. The number of benzene rings is 1. The molecule has 130 valence electrons. The number of anilines is 1. The van der Waals surface area contributed by atoms with Crippen LogP contribution >= 0.6 is 0 Å². The van der Waals surface area contributed by atoms with Crippen molar-refractivity contribution in [3.05, 3.63) is 40.5 Å². The van der Waals surface area contributed by atoms with E-state index in [0.717, 1.165) is 18.9 Å². The van der Waals surface area contributed by atoms with Crippen LogP contribution in [0.25, 0.3) is 0 Å². The maximum absolute atomic E-state index is 12.6. The number of nitrogens with zero attached hydrogens (tertiary/aromatic N) is 2. The van der Waals surface area contributed by atoms with Gasteiger partial charge in [-0.25, -0.2) is 8.42 Å². The lowest BCUT2D eigenvalue weighted by Crippen LogP contribution is -2.40. The summed E-state index contributed by atoms with van der Waals surface area (Å²) in [5.74, 6) is 0. The lowest BCUT2D eigenvalue weighted by atomic mass is 10.2. The molecule has 1 N–H and O–H groups in total. The summed E-state index contributed by atoms with van der Waals surface area (Å²) in [6.07, 6.45) is 5.62. The van der Waals surface area contributed by atoms with E-state index in [0.29, 0.717) is 18.9 Å². The van der Waals surface area contributed by atoms with Crippen molar-refractivity contribution >= 4 is 21.4 Å². The van der Waals surface area contributed by atoms with Crippen LogP contribution in [0.1, 0.15) is 12.8 Å². The van der Waals surface area contributed by atoms with Crippen molar-refractivity contribution in [2.24, 2.45) is 0 Å². The molecule has 0 aromatic heterocycles. The fourth-order valence-electron chi connectivity index (χ4n) is 2.84. The molecule has 9 heteroatoms. The standard InChI is InChI=1S/C15H19N3O5S/c19-18(20)15-11-13(24(21,22)17-7-9-23-10-8-17)5-6-14(15)16-12-3-1-2-4-12/h1-2,5-6,11-12,16H,3-4,7-10H2. The van der Waals surface area contributed by atoms with Gasteiger partial charge in [-0.3, -0.25) is 10.1 Å². The van der Waals surface area contributed by atoms with Crippen molar-refractivity contribution < 1.29 is 18.1 Å². The summed E-state index contributed by atoms with van der Waals surface area (Å²) >= 11 is 0. The quantitative estimate of drug-likeness (QED) is 0.491. The molecule has 1 aromatic carbocycles. The summed E-state index contributed by atoms with van der Waals surface area (Å²) in [5.41, 5.74) is 0.117. The van der Waals surface area contributed by atoms with Gasteiger partial charge >= 0.3 is 0 Å². The highest BCUT2D eigenvalue weighted by molar-refractivity contribution is 7.89. The first-order chi connectivity index (χ1) is 11.5. The number of hydrogen-bond donors (Lipinski definition) is 1. The number of ether oxygens (including phenoxy) is 1. The zero-order chi connectivity index (χ0) is 17.2. The Bertz CT molecular complexity index is 748. The van der Waals surface area contributed by atoms with Gasteiger partial charge in [0.25, 0.3) is 5.69 Å². The molecule has 24 heavy (non-hydrogen) atoms. The van der Waals surface area contributed by atoms with Crippen molar-refractivity contribution in [3.8, 4) is 0 Å². The van der Waals surface area contributed by atoms with Crippen molar-refractivity contribution in [1.29, 1.82) is 0 Å². The van der Waals surface area contributed by atoms with E-state index in [9.17, 15) is 18.5 Å². The second kappa shape index (κ2) is 6.88. The lowest BCUT2D eigenvalue weighted by molar-refractivity contribution is -0.384. The van der Waals surface area contributed by atoms with Crippen molar-refractivity contribution in [1.82, 2.24) is 4.31 Å². The highest BCUT2D eigenvalue weighted by Crippen LogP contribution is 2.31. The van der Waals surface area contributed by atoms with Crippen molar-refractivity contribution in [2.75, 3.05) is 31.6 Å². The average Bonchev–Trinajstić information content (AvgIpc) is 3.08. The molecule has 0 unspecified atom stereocenters. The molecule has 1 heterocycles. The minimum absolute atomic E-state index is 0.0637. The Labute approximate surface area is 140 Å². The van der Waals surface area contributed by atoms with Gasteiger partial charge in [0, 0.05) is 25.2 Å². The summed E-state index contributed by atoms with van der Waals surface area (Å²) in [6.45, 7) is 1.17. The highest BCUT2D eigenvalue weighted by Gasteiger charge is 2.29. The minimum Gasteiger partial charge on any atom is -0.379 e. The largest absolute Gasteiger partial charge is 0.379 e. The molecule has 0 bridgehead atoms. The maximum atomic E-state index is 12.6. The van der Waals surface area contributed by atoms with Crippen LogP contribution in [0, 0.1) is 10.1 Å². The summed E-state index contributed by atoms with van der Waals surface area (Å²) in [6, 6.07) is 4.13. The molecule has 2 aliphatic rings. The second-order valence-electron chi connectivity index (χ2n) is 5.74. The SMILES string of the molecule is O=[N+]([O-])c1cc(S(=O)(=O)N2CCOCC2)ccc1NC1CC=CC1. The molecule has 8 nitrogen and oxygen atoms in total. The molecule has 0 radical (unpaired) electrons. The molecule has 0 spiro atoms. The molecule has 1 fully saturated rings. The van der Waals surface area contributed by atoms with Gasteiger partial charge in [0.15, 0.2) is 0 Å². The number of nitro groups is 1. The molecule has 1 saturated heterocycles. The van der Waals surface area contributed by atoms with Gasteiger partial charge in [-0.2, -0.15) is 4.31 Å². The van der Waals surface area contributed by atoms with E-state index < -0.39 is 14.9 Å². The number of sulfonamides is 1. The van der Waals surface area contributed by atoms with Gasteiger partial charge in [-0.05, 0) is 25.0 Å². The molecule has 1 aliphatic heterocycles. The van der Waals surface area contributed by atoms with Crippen LogP contribution in [-0.2, 0) is 14.8 Å². The summed E-state index contributed by atoms with van der Waals surface area (Å²) < 4.78 is 31.7. The van der Waals surface area contributed by atoms with E-state index in [4.69, 9.17) is 4.74 Å². The zero-order valence-electron chi connectivity index (χ0n) is 13.1. The maximum Gasteiger partial charge on any atom is 0.293 e. The minimum atomic E-state index is -3.75. The number of nitrogens with one attached hydrogen (secondary N) is 1. The topological polar surface area (TPSA) is 102 Å². The summed E-state index contributed by atoms with van der Waals surface area (Å²) in [7, 11) is -3.75. The molecule has 3 rings (SSSR count). The van der Waals surface area contributed by atoms with Crippen LogP contribution in [0.4, 0.5) is 11.4 Å². The van der Waals surface area contributed by atoms with Gasteiger partial charge in [-0.15, -0.1) is 0 Å². The Hall–Kier alpha value is -1.97. The van der Waals surface area contributed by atoms with Crippen LogP contribution < -0.4 is 5.32 Å². The predicted molar refractivity (Wildman–Crippen MR) is 88.5 cm³/mol. The fraction of sp³-hybridized carbons (Fsp3) is 0.467. The first-order valence-electron chi connectivity index (χ1n) is 7.76. The van der Waals surface area contributed by atoms with E-state index in [1.807, 2.05) is 12.2 Å². The number of rotatable bonds is 5. The summed E-state index contributed by atoms with van der Waals surface area (Å²) in [4.78, 5) is 10.8. The smallest absolute Gasteiger partial charge is 0.293 e. The molecule has 0 atom stereocenters. The van der Waals surface area contributed by atoms with Gasteiger partial charge < -0.3 is 10.1 Å². The Morgan fingerprint density at radius 3 is 2.50 bits per heavy atom. The van der Waals surface area contributed by atoms with E-state index in [1.165, 1.54) is 16.4 Å². The van der Waals surface area contributed by atoms with E-state index in [2.05, 4.69) is 5.32 Å². The third-order valence-electron chi connectivity index (χ3n) is 4.14. The van der Waals surface area contributed by atoms with Crippen LogP contribution in [-0.4, -0.2) is 50.0 Å². The first kappa shape index (κ1) is 16.9. The predicted octanol–water partition coefficient (Wildman–Crippen LogP) is 1.75. The number of morpholine rings is 1. The van der Waals surface area contributed by atoms with E-state index in [-0.39, 0.29) is 29.7 Å². The van der Waals surface area contributed by atoms with E-state index >= 15 is 0 Å². The van der Waals surface area contributed by atoms with Gasteiger partial charge in [0.2, 0.25) is 10.0 Å². The van der Waals surface area contributed by atoms with E-state index in [1.54, 1.807) is 0 Å². The van der Waals surface area contributed by atoms with Crippen molar-refractivity contribution in [3.63, 3.8) is 0 Å². The molecular weight excluding hydrogens is 334 g/mol. The number of nitro benzene ring substituents is 1. The Morgan fingerprint density at radius 1 is 1.21 bits per heavy atom. The summed E-state index contributed by atoms with van der Waals surface area (Å²) in [5, 5.41) is 14.5. The molecule has 1 aliphatic carbocycles. The average molecular weight is 353 g/mol. The van der Waals surface area contributed by atoms with Gasteiger partial charge in [0.1, 0.15) is 5.69 Å². The van der Waals surface area contributed by atoms with Crippen LogP contribution in [0.15, 0.2) is 35.2 Å².